The summed E-state index contributed by atoms with van der Waals surface area (Å²) in [6.45, 7) is 3.25. The van der Waals surface area contributed by atoms with E-state index >= 15 is 0 Å². The predicted molar refractivity (Wildman–Crippen MR) is 88.8 cm³/mol. The summed E-state index contributed by atoms with van der Waals surface area (Å²) in [5, 5.41) is 10.7. The van der Waals surface area contributed by atoms with Crippen LogP contribution in [0.5, 0.6) is 5.75 Å². The molecule has 7 nitrogen and oxygen atoms in total. The third-order valence-corrected chi connectivity index (χ3v) is 4.03. The van der Waals surface area contributed by atoms with Gasteiger partial charge in [0.1, 0.15) is 5.75 Å². The van der Waals surface area contributed by atoms with Crippen LogP contribution in [0.15, 0.2) is 24.3 Å². The van der Waals surface area contributed by atoms with Gasteiger partial charge in [0.2, 0.25) is 0 Å². The van der Waals surface area contributed by atoms with Gasteiger partial charge in [-0.2, -0.15) is 0 Å². The average molecular weight is 344 g/mol. The maximum Gasteiger partial charge on any atom is 0.273 e. The third kappa shape index (κ3) is 5.37. The lowest BCUT2D eigenvalue weighted by Gasteiger charge is -2.33. The summed E-state index contributed by atoms with van der Waals surface area (Å²) in [6, 6.07) is 5.98. The van der Waals surface area contributed by atoms with Crippen LogP contribution < -0.4 is 10.5 Å². The number of hydrogen-bond donors (Lipinski definition) is 1. The monoisotopic (exact) mass is 343 g/mol. The van der Waals surface area contributed by atoms with E-state index in [-0.39, 0.29) is 36.7 Å². The molecule has 2 N–H and O–H groups in total. The van der Waals surface area contributed by atoms with Gasteiger partial charge < -0.3 is 15.4 Å². The van der Waals surface area contributed by atoms with Gasteiger partial charge in [-0.3, -0.25) is 14.9 Å². The van der Waals surface area contributed by atoms with Crippen molar-refractivity contribution < 1.29 is 14.5 Å². The third-order valence-electron chi connectivity index (χ3n) is 4.03. The Labute approximate surface area is 141 Å². The summed E-state index contributed by atoms with van der Waals surface area (Å²) in [7, 11) is 0. The highest BCUT2D eigenvalue weighted by molar-refractivity contribution is 5.85. The molecule has 1 heterocycles. The quantitative estimate of drug-likeness (QED) is 0.651. The number of nitrogens with two attached hydrogens (primary N) is 1. The molecular formula is C15H22ClN3O4. The number of nitrogens with zero attached hydrogens (tertiary/aromatic N) is 2. The molecule has 8 heteroatoms. The molecule has 0 saturated carbocycles. The highest BCUT2D eigenvalue weighted by atomic mass is 35.5. The van der Waals surface area contributed by atoms with Crippen LogP contribution in [-0.4, -0.2) is 41.5 Å². The second-order valence-corrected chi connectivity index (χ2v) is 5.62. The standard InChI is InChI=1S/C15H21N3O4.ClH/c1-11(16)12-5-7-17(8-6-12)15(19)10-22-14-4-2-3-13(9-14)18(20)21;/h2-4,9,11-12H,5-8,10,16H2,1H3;1H. The largest absolute Gasteiger partial charge is 0.484 e. The highest BCUT2D eigenvalue weighted by Crippen LogP contribution is 2.21. The Bertz CT molecular complexity index is 545. The Hall–Kier alpha value is -1.86. The zero-order valence-corrected chi connectivity index (χ0v) is 13.8. The van der Waals surface area contributed by atoms with Gasteiger partial charge in [0.25, 0.3) is 11.6 Å². The first-order valence-corrected chi connectivity index (χ1v) is 7.38. The molecule has 1 atom stereocenters. The van der Waals surface area contributed by atoms with E-state index in [9.17, 15) is 14.9 Å². The predicted octanol–water partition coefficient (Wildman–Crippen LogP) is 1.98. The van der Waals surface area contributed by atoms with Gasteiger partial charge in [-0.05, 0) is 31.7 Å². The van der Waals surface area contributed by atoms with Crippen LogP contribution in [0.2, 0.25) is 0 Å². The van der Waals surface area contributed by atoms with Crippen molar-refractivity contribution in [3.8, 4) is 5.75 Å². The van der Waals surface area contributed by atoms with Crippen LogP contribution in [-0.2, 0) is 4.79 Å². The fraction of sp³-hybridized carbons (Fsp3) is 0.533. The van der Waals surface area contributed by atoms with E-state index in [1.54, 1.807) is 11.0 Å². The molecule has 1 aliphatic heterocycles. The molecule has 0 bridgehead atoms. The minimum absolute atomic E-state index is 0. The highest BCUT2D eigenvalue weighted by Gasteiger charge is 2.24. The minimum atomic E-state index is -0.493. The molecule has 23 heavy (non-hydrogen) atoms. The number of carbonyl (C=O) groups is 1. The fourth-order valence-corrected chi connectivity index (χ4v) is 2.60. The number of likely N-dealkylation sites (tertiary alicyclic amines) is 1. The summed E-state index contributed by atoms with van der Waals surface area (Å²) in [5.41, 5.74) is 5.83. The van der Waals surface area contributed by atoms with Gasteiger partial charge >= 0.3 is 0 Å². The first-order valence-electron chi connectivity index (χ1n) is 7.38. The van der Waals surface area contributed by atoms with Crippen molar-refractivity contribution in [3.63, 3.8) is 0 Å². The molecule has 0 aliphatic carbocycles. The van der Waals surface area contributed by atoms with Crippen LogP contribution in [0.25, 0.3) is 0 Å². The van der Waals surface area contributed by atoms with Gasteiger partial charge in [-0.15, -0.1) is 12.4 Å². The number of ether oxygens (including phenoxy) is 1. The maximum absolute atomic E-state index is 12.1. The second kappa shape index (κ2) is 8.69. The molecule has 0 radical (unpaired) electrons. The molecule has 1 aliphatic rings. The Morgan fingerprint density at radius 1 is 1.48 bits per heavy atom. The van der Waals surface area contributed by atoms with E-state index in [2.05, 4.69) is 0 Å². The van der Waals surface area contributed by atoms with E-state index < -0.39 is 4.92 Å². The number of piperidine rings is 1. The average Bonchev–Trinajstić information content (AvgIpc) is 2.53. The topological polar surface area (TPSA) is 98.7 Å². The van der Waals surface area contributed by atoms with Gasteiger partial charge in [-0.25, -0.2) is 0 Å². The molecule has 0 spiro atoms. The lowest BCUT2D eigenvalue weighted by Crippen LogP contribution is -2.44. The van der Waals surface area contributed by atoms with E-state index in [4.69, 9.17) is 10.5 Å². The molecule has 1 unspecified atom stereocenters. The number of rotatable bonds is 5. The van der Waals surface area contributed by atoms with Crippen LogP contribution in [0.3, 0.4) is 0 Å². The van der Waals surface area contributed by atoms with Crippen LogP contribution >= 0.6 is 12.4 Å². The van der Waals surface area contributed by atoms with E-state index in [1.165, 1.54) is 18.2 Å². The Morgan fingerprint density at radius 2 is 2.13 bits per heavy atom. The normalized spacial score (nSPS) is 16.3. The van der Waals surface area contributed by atoms with Crippen molar-refractivity contribution in [1.82, 2.24) is 4.90 Å². The summed E-state index contributed by atoms with van der Waals surface area (Å²) in [5.74, 6) is 0.685. The van der Waals surface area contributed by atoms with Crippen molar-refractivity contribution in [2.75, 3.05) is 19.7 Å². The van der Waals surface area contributed by atoms with Crippen molar-refractivity contribution >= 4 is 24.0 Å². The Balaban J connectivity index is 0.00000264. The molecule has 1 amide bonds. The Kier molecular flexibility index (Phi) is 7.25. The van der Waals surface area contributed by atoms with Gasteiger partial charge in [0.15, 0.2) is 6.61 Å². The van der Waals surface area contributed by atoms with Crippen molar-refractivity contribution in [2.45, 2.75) is 25.8 Å². The van der Waals surface area contributed by atoms with Crippen LogP contribution in [0, 0.1) is 16.0 Å². The van der Waals surface area contributed by atoms with E-state index in [0.29, 0.717) is 24.8 Å². The number of hydrogen-bond acceptors (Lipinski definition) is 5. The number of amides is 1. The molecule has 2 rings (SSSR count). The summed E-state index contributed by atoms with van der Waals surface area (Å²) in [4.78, 5) is 24.1. The molecule has 128 valence electrons. The van der Waals surface area contributed by atoms with E-state index in [0.717, 1.165) is 12.8 Å². The number of nitro groups is 1. The molecule has 1 aromatic carbocycles. The first-order chi connectivity index (χ1) is 10.5. The summed E-state index contributed by atoms with van der Waals surface area (Å²) >= 11 is 0. The lowest BCUT2D eigenvalue weighted by atomic mass is 9.91. The number of non-ortho nitro benzene ring substituents is 1. The van der Waals surface area contributed by atoms with Crippen LogP contribution in [0.4, 0.5) is 5.69 Å². The lowest BCUT2D eigenvalue weighted by molar-refractivity contribution is -0.384. The van der Waals surface area contributed by atoms with Crippen molar-refractivity contribution in [2.24, 2.45) is 11.7 Å². The number of nitro benzene ring substituents is 1. The smallest absolute Gasteiger partial charge is 0.273 e. The van der Waals surface area contributed by atoms with Crippen LogP contribution in [0.1, 0.15) is 19.8 Å². The zero-order valence-electron chi connectivity index (χ0n) is 13.0. The maximum atomic E-state index is 12.1. The number of carbonyl (C=O) groups excluding carboxylic acids is 1. The van der Waals surface area contributed by atoms with E-state index in [1.807, 2.05) is 6.92 Å². The fourth-order valence-electron chi connectivity index (χ4n) is 2.60. The number of halogens is 1. The Morgan fingerprint density at radius 3 is 2.70 bits per heavy atom. The second-order valence-electron chi connectivity index (χ2n) is 5.62. The summed E-state index contributed by atoms with van der Waals surface area (Å²) < 4.78 is 5.37. The molecule has 1 aromatic rings. The van der Waals surface area contributed by atoms with Gasteiger partial charge in [0.05, 0.1) is 11.0 Å². The first kappa shape index (κ1) is 19.2. The van der Waals surface area contributed by atoms with Crippen molar-refractivity contribution in [3.05, 3.63) is 34.4 Å². The van der Waals surface area contributed by atoms with Gasteiger partial charge in [0, 0.05) is 25.2 Å². The molecule has 0 aromatic heterocycles. The summed E-state index contributed by atoms with van der Waals surface area (Å²) in [6.07, 6.45) is 1.81. The molecule has 1 fully saturated rings. The zero-order chi connectivity index (χ0) is 16.1. The number of benzene rings is 1. The van der Waals surface area contributed by atoms with Gasteiger partial charge in [-0.1, -0.05) is 6.07 Å². The SMILES string of the molecule is CC(N)C1CCN(C(=O)COc2cccc([N+](=O)[O-])c2)CC1.Cl. The molecule has 1 saturated heterocycles. The molecular weight excluding hydrogens is 322 g/mol. The van der Waals surface area contributed by atoms with Crippen molar-refractivity contribution in [1.29, 1.82) is 0 Å². The minimum Gasteiger partial charge on any atom is -0.484 e.